The maximum absolute atomic E-state index is 4.77. The summed E-state index contributed by atoms with van der Waals surface area (Å²) in [6.07, 6.45) is 3.90. The molecule has 2 atom stereocenters. The summed E-state index contributed by atoms with van der Waals surface area (Å²) in [6.45, 7) is 7.85. The topological polar surface area (TPSA) is 28.2 Å². The lowest BCUT2D eigenvalue weighted by atomic mass is 9.89. The maximum atomic E-state index is 4.77. The van der Waals surface area contributed by atoms with E-state index in [0.29, 0.717) is 6.04 Å². The number of aryl methyl sites for hydroxylation is 1. The Morgan fingerprint density at radius 2 is 2.47 bits per heavy atom. The Bertz CT molecular complexity index is 399. The van der Waals surface area contributed by atoms with Crippen molar-refractivity contribution in [1.29, 1.82) is 0 Å². The molecule has 3 nitrogen and oxygen atoms in total. The molecule has 1 aromatic heterocycles. The van der Waals surface area contributed by atoms with Crippen LogP contribution in [0.4, 0.5) is 0 Å². The minimum Gasteiger partial charge on any atom is -0.304 e. The Balaban J connectivity index is 1.98. The predicted octanol–water partition coefficient (Wildman–Crippen LogP) is 2.12. The first-order valence-electron chi connectivity index (χ1n) is 6.68. The van der Waals surface area contributed by atoms with Crippen molar-refractivity contribution in [2.24, 2.45) is 0 Å². The van der Waals surface area contributed by atoms with E-state index in [2.05, 4.69) is 29.4 Å². The fraction of sp³-hybridized carbons (Fsp3) is 0.769. The first-order chi connectivity index (χ1) is 8.26. The van der Waals surface area contributed by atoms with E-state index in [1.807, 2.05) is 11.3 Å². The van der Waals surface area contributed by atoms with Crippen molar-refractivity contribution in [2.45, 2.75) is 44.7 Å². The summed E-state index contributed by atoms with van der Waals surface area (Å²) < 4.78 is 0. The average molecular weight is 251 g/mol. The maximum Gasteiger partial charge on any atom is 0.115 e. The summed E-state index contributed by atoms with van der Waals surface area (Å²) in [4.78, 5) is 7.43. The third kappa shape index (κ3) is 1.74. The molecule has 0 bridgehead atoms. The molecule has 2 saturated heterocycles. The van der Waals surface area contributed by atoms with Crippen LogP contribution in [0.1, 0.15) is 36.9 Å². The fourth-order valence-electron chi connectivity index (χ4n) is 3.54. The zero-order chi connectivity index (χ0) is 11.9. The molecule has 0 radical (unpaired) electrons. The standard InChI is InChI=1S/C13H21N3S/c1-3-14-13(12-15-10(2)9-17-12)6-8-16-7-4-5-11(13)16/h9,11,14H,3-8H2,1-2H3. The fourth-order valence-corrected chi connectivity index (χ4v) is 4.60. The molecule has 0 amide bonds. The van der Waals surface area contributed by atoms with Gasteiger partial charge in [0.2, 0.25) is 0 Å². The number of rotatable bonds is 3. The van der Waals surface area contributed by atoms with Crippen LogP contribution in [0.15, 0.2) is 5.38 Å². The number of thiazole rings is 1. The molecule has 2 unspecified atom stereocenters. The van der Waals surface area contributed by atoms with E-state index >= 15 is 0 Å². The zero-order valence-corrected chi connectivity index (χ0v) is 11.5. The average Bonchev–Trinajstić information content (AvgIpc) is 2.96. The summed E-state index contributed by atoms with van der Waals surface area (Å²) in [6, 6.07) is 0.674. The molecule has 2 aliphatic heterocycles. The van der Waals surface area contributed by atoms with Gasteiger partial charge in [-0.25, -0.2) is 4.98 Å². The SMILES string of the molecule is CCNC1(c2nc(C)cs2)CCN2CCCC21. The molecule has 3 rings (SSSR count). The van der Waals surface area contributed by atoms with Gasteiger partial charge in [0.25, 0.3) is 0 Å². The van der Waals surface area contributed by atoms with Crippen LogP contribution in [0.2, 0.25) is 0 Å². The second kappa shape index (κ2) is 4.34. The lowest BCUT2D eigenvalue weighted by Crippen LogP contribution is -2.50. The van der Waals surface area contributed by atoms with Gasteiger partial charge in [-0.05, 0) is 39.3 Å². The normalized spacial score (nSPS) is 33.2. The van der Waals surface area contributed by atoms with Gasteiger partial charge in [0.15, 0.2) is 0 Å². The molecule has 94 valence electrons. The third-order valence-electron chi connectivity index (χ3n) is 4.22. The molecule has 0 aromatic carbocycles. The molecule has 2 aliphatic rings. The highest BCUT2D eigenvalue weighted by Crippen LogP contribution is 2.43. The Hall–Kier alpha value is -0.450. The summed E-state index contributed by atoms with van der Waals surface area (Å²) >= 11 is 1.83. The van der Waals surface area contributed by atoms with Crippen molar-refractivity contribution in [3.05, 3.63) is 16.1 Å². The zero-order valence-electron chi connectivity index (χ0n) is 10.7. The summed E-state index contributed by atoms with van der Waals surface area (Å²) in [5.41, 5.74) is 1.31. The minimum absolute atomic E-state index is 0.143. The smallest absolute Gasteiger partial charge is 0.115 e. The summed E-state index contributed by atoms with van der Waals surface area (Å²) in [7, 11) is 0. The van der Waals surface area contributed by atoms with E-state index in [0.717, 1.165) is 6.54 Å². The summed E-state index contributed by atoms with van der Waals surface area (Å²) in [5, 5.41) is 7.26. The largest absolute Gasteiger partial charge is 0.304 e. The van der Waals surface area contributed by atoms with Crippen LogP contribution in [-0.4, -0.2) is 35.6 Å². The van der Waals surface area contributed by atoms with Gasteiger partial charge >= 0.3 is 0 Å². The van der Waals surface area contributed by atoms with Crippen molar-refractivity contribution in [1.82, 2.24) is 15.2 Å². The molecule has 0 aliphatic carbocycles. The van der Waals surface area contributed by atoms with Gasteiger partial charge in [0, 0.05) is 23.7 Å². The van der Waals surface area contributed by atoms with E-state index in [-0.39, 0.29) is 5.54 Å². The molecule has 17 heavy (non-hydrogen) atoms. The highest BCUT2D eigenvalue weighted by atomic mass is 32.1. The molecule has 0 saturated carbocycles. The summed E-state index contributed by atoms with van der Waals surface area (Å²) in [5.74, 6) is 0. The Morgan fingerprint density at radius 1 is 1.59 bits per heavy atom. The quantitative estimate of drug-likeness (QED) is 0.892. The van der Waals surface area contributed by atoms with Crippen LogP contribution in [0.5, 0.6) is 0 Å². The molecule has 3 heterocycles. The van der Waals surface area contributed by atoms with Gasteiger partial charge < -0.3 is 5.32 Å². The molecule has 0 spiro atoms. The molecule has 2 fully saturated rings. The van der Waals surface area contributed by atoms with Gasteiger partial charge in [-0.15, -0.1) is 11.3 Å². The highest BCUT2D eigenvalue weighted by molar-refractivity contribution is 7.09. The van der Waals surface area contributed by atoms with Crippen LogP contribution < -0.4 is 5.32 Å². The monoisotopic (exact) mass is 251 g/mol. The molecular weight excluding hydrogens is 230 g/mol. The van der Waals surface area contributed by atoms with E-state index in [9.17, 15) is 0 Å². The minimum atomic E-state index is 0.143. The number of hydrogen-bond acceptors (Lipinski definition) is 4. The van der Waals surface area contributed by atoms with Gasteiger partial charge in [0.1, 0.15) is 5.01 Å². The van der Waals surface area contributed by atoms with Crippen LogP contribution in [-0.2, 0) is 5.54 Å². The molecule has 1 aromatic rings. The number of fused-ring (bicyclic) bond motifs is 1. The number of hydrogen-bond donors (Lipinski definition) is 1. The Morgan fingerprint density at radius 3 is 3.18 bits per heavy atom. The first kappa shape index (κ1) is 11.6. The lowest BCUT2D eigenvalue weighted by Gasteiger charge is -2.34. The predicted molar refractivity (Wildman–Crippen MR) is 71.4 cm³/mol. The Labute approximate surface area is 107 Å². The van der Waals surface area contributed by atoms with Crippen molar-refractivity contribution >= 4 is 11.3 Å². The van der Waals surface area contributed by atoms with Crippen molar-refractivity contribution in [3.8, 4) is 0 Å². The van der Waals surface area contributed by atoms with Crippen molar-refractivity contribution in [3.63, 3.8) is 0 Å². The Kier molecular flexibility index (Phi) is 2.97. The van der Waals surface area contributed by atoms with Crippen LogP contribution >= 0.6 is 11.3 Å². The van der Waals surface area contributed by atoms with Gasteiger partial charge in [-0.1, -0.05) is 6.92 Å². The number of aromatic nitrogens is 1. The van der Waals surface area contributed by atoms with Crippen molar-refractivity contribution < 1.29 is 0 Å². The molecule has 4 heteroatoms. The molecular formula is C13H21N3S. The third-order valence-corrected chi connectivity index (χ3v) is 5.36. The number of nitrogens with one attached hydrogen (secondary N) is 1. The van der Waals surface area contributed by atoms with E-state index in [4.69, 9.17) is 4.98 Å². The van der Waals surface area contributed by atoms with Gasteiger partial charge in [0.05, 0.1) is 5.54 Å². The lowest BCUT2D eigenvalue weighted by molar-refractivity contribution is 0.227. The second-order valence-electron chi connectivity index (χ2n) is 5.24. The highest BCUT2D eigenvalue weighted by Gasteiger charge is 2.51. The van der Waals surface area contributed by atoms with Crippen LogP contribution in [0.3, 0.4) is 0 Å². The van der Waals surface area contributed by atoms with Gasteiger partial charge in [-0.2, -0.15) is 0 Å². The van der Waals surface area contributed by atoms with E-state index in [1.54, 1.807) is 0 Å². The van der Waals surface area contributed by atoms with Crippen LogP contribution in [0.25, 0.3) is 0 Å². The van der Waals surface area contributed by atoms with E-state index < -0.39 is 0 Å². The number of nitrogens with zero attached hydrogens (tertiary/aromatic N) is 2. The van der Waals surface area contributed by atoms with E-state index in [1.165, 1.54) is 43.1 Å². The number of likely N-dealkylation sites (N-methyl/N-ethyl adjacent to an activating group) is 1. The van der Waals surface area contributed by atoms with Crippen LogP contribution in [0, 0.1) is 6.92 Å². The second-order valence-corrected chi connectivity index (χ2v) is 6.10. The van der Waals surface area contributed by atoms with Gasteiger partial charge in [-0.3, -0.25) is 4.90 Å². The van der Waals surface area contributed by atoms with Crippen molar-refractivity contribution in [2.75, 3.05) is 19.6 Å². The first-order valence-corrected chi connectivity index (χ1v) is 7.56. The molecule has 1 N–H and O–H groups in total.